The van der Waals surface area contributed by atoms with Crippen LogP contribution >= 0.6 is 15.9 Å². The standard InChI is InChI=1S/C19H18BrN3O2/c1-23(11-12-25-16-9-7-15(20)8-10-16)19(24)18-13-17(21-22-18)14-5-3-2-4-6-14/h2-10,13H,11-12H2,1H3,(H,21,22). The fraction of sp³-hybridized carbons (Fsp3) is 0.158. The Morgan fingerprint density at radius 3 is 2.60 bits per heavy atom. The molecule has 0 aliphatic heterocycles. The smallest absolute Gasteiger partial charge is 0.271 e. The molecule has 3 rings (SSSR count). The highest BCUT2D eigenvalue weighted by Crippen LogP contribution is 2.18. The Balaban J connectivity index is 1.55. The number of nitrogens with zero attached hydrogens (tertiary/aromatic N) is 2. The van der Waals surface area contributed by atoms with E-state index in [2.05, 4.69) is 26.1 Å². The van der Waals surface area contributed by atoms with E-state index in [4.69, 9.17) is 4.74 Å². The molecule has 0 bridgehead atoms. The van der Waals surface area contributed by atoms with Crippen molar-refractivity contribution in [1.82, 2.24) is 15.1 Å². The summed E-state index contributed by atoms with van der Waals surface area (Å²) in [6, 6.07) is 19.1. The fourth-order valence-corrected chi connectivity index (χ4v) is 2.59. The molecule has 25 heavy (non-hydrogen) atoms. The van der Waals surface area contributed by atoms with E-state index in [-0.39, 0.29) is 5.91 Å². The number of benzene rings is 2. The highest BCUT2D eigenvalue weighted by Gasteiger charge is 2.15. The predicted octanol–water partition coefficient (Wildman–Crippen LogP) is 3.99. The third-order valence-corrected chi connectivity index (χ3v) is 4.26. The van der Waals surface area contributed by atoms with Gasteiger partial charge in [0.25, 0.3) is 5.91 Å². The van der Waals surface area contributed by atoms with Crippen molar-refractivity contribution in [3.8, 4) is 17.0 Å². The van der Waals surface area contributed by atoms with E-state index in [9.17, 15) is 4.79 Å². The topological polar surface area (TPSA) is 58.2 Å². The van der Waals surface area contributed by atoms with Crippen LogP contribution in [0.2, 0.25) is 0 Å². The molecule has 0 atom stereocenters. The van der Waals surface area contributed by atoms with E-state index in [0.717, 1.165) is 21.5 Å². The van der Waals surface area contributed by atoms with Crippen molar-refractivity contribution in [3.63, 3.8) is 0 Å². The number of carbonyl (C=O) groups excluding carboxylic acids is 1. The number of carbonyl (C=O) groups is 1. The van der Waals surface area contributed by atoms with E-state index in [1.807, 2.05) is 54.6 Å². The Kier molecular flexibility index (Phi) is 5.50. The predicted molar refractivity (Wildman–Crippen MR) is 101 cm³/mol. The van der Waals surface area contributed by atoms with Gasteiger partial charge in [0.15, 0.2) is 0 Å². The zero-order valence-electron chi connectivity index (χ0n) is 13.8. The molecule has 6 heteroatoms. The van der Waals surface area contributed by atoms with E-state index >= 15 is 0 Å². The zero-order valence-corrected chi connectivity index (χ0v) is 15.4. The summed E-state index contributed by atoms with van der Waals surface area (Å²) >= 11 is 3.38. The Morgan fingerprint density at radius 1 is 1.16 bits per heavy atom. The SMILES string of the molecule is CN(CCOc1ccc(Br)cc1)C(=O)c1cc(-c2ccccc2)n[nH]1. The summed E-state index contributed by atoms with van der Waals surface area (Å²) in [4.78, 5) is 14.1. The Labute approximate surface area is 154 Å². The summed E-state index contributed by atoms with van der Waals surface area (Å²) in [7, 11) is 1.75. The molecular weight excluding hydrogens is 382 g/mol. The van der Waals surface area contributed by atoms with Crippen molar-refractivity contribution in [2.45, 2.75) is 0 Å². The van der Waals surface area contributed by atoms with Gasteiger partial charge in [0.2, 0.25) is 0 Å². The number of halogens is 1. The first-order valence-corrected chi connectivity index (χ1v) is 8.67. The van der Waals surface area contributed by atoms with Gasteiger partial charge in [-0.2, -0.15) is 5.10 Å². The van der Waals surface area contributed by atoms with Crippen LogP contribution in [0.4, 0.5) is 0 Å². The fourth-order valence-electron chi connectivity index (χ4n) is 2.33. The van der Waals surface area contributed by atoms with Gasteiger partial charge in [-0.05, 0) is 30.3 Å². The first-order chi connectivity index (χ1) is 12.1. The Morgan fingerprint density at radius 2 is 1.88 bits per heavy atom. The molecule has 1 amide bonds. The Hall–Kier alpha value is -2.60. The molecule has 1 N–H and O–H groups in total. The van der Waals surface area contributed by atoms with Crippen molar-refractivity contribution < 1.29 is 9.53 Å². The third-order valence-electron chi connectivity index (χ3n) is 3.73. The summed E-state index contributed by atoms with van der Waals surface area (Å²) in [6.07, 6.45) is 0. The molecule has 0 spiro atoms. The van der Waals surface area contributed by atoms with Gasteiger partial charge in [-0.15, -0.1) is 0 Å². The largest absolute Gasteiger partial charge is 0.492 e. The second kappa shape index (κ2) is 7.98. The lowest BCUT2D eigenvalue weighted by Gasteiger charge is -2.16. The number of H-pyrrole nitrogens is 1. The Bertz CT molecular complexity index is 831. The minimum Gasteiger partial charge on any atom is -0.492 e. The second-order valence-corrected chi connectivity index (χ2v) is 6.48. The first-order valence-electron chi connectivity index (χ1n) is 7.88. The molecule has 0 saturated heterocycles. The summed E-state index contributed by atoms with van der Waals surface area (Å²) < 4.78 is 6.65. The molecule has 1 aromatic heterocycles. The molecule has 0 aliphatic carbocycles. The van der Waals surface area contributed by atoms with E-state index in [1.165, 1.54) is 0 Å². The van der Waals surface area contributed by atoms with Crippen molar-refractivity contribution in [2.75, 3.05) is 20.2 Å². The third kappa shape index (κ3) is 4.48. The maximum absolute atomic E-state index is 12.5. The average Bonchev–Trinajstić information content (AvgIpc) is 3.13. The van der Waals surface area contributed by atoms with Gasteiger partial charge in [0, 0.05) is 17.1 Å². The second-order valence-electron chi connectivity index (χ2n) is 5.56. The summed E-state index contributed by atoms with van der Waals surface area (Å²) in [5.74, 6) is 0.658. The van der Waals surface area contributed by atoms with Gasteiger partial charge >= 0.3 is 0 Å². The number of aromatic amines is 1. The molecule has 0 radical (unpaired) electrons. The van der Waals surface area contributed by atoms with Crippen LogP contribution in [0.5, 0.6) is 5.75 Å². The first kappa shape index (κ1) is 17.2. The lowest BCUT2D eigenvalue weighted by Crippen LogP contribution is -2.31. The quantitative estimate of drug-likeness (QED) is 0.681. The van der Waals surface area contributed by atoms with Crippen LogP contribution in [0.3, 0.4) is 0 Å². The van der Waals surface area contributed by atoms with Crippen LogP contribution in [0.25, 0.3) is 11.3 Å². The summed E-state index contributed by atoms with van der Waals surface area (Å²) in [6.45, 7) is 0.901. The average molecular weight is 400 g/mol. The van der Waals surface area contributed by atoms with Crippen LogP contribution in [-0.4, -0.2) is 41.2 Å². The lowest BCUT2D eigenvalue weighted by molar-refractivity contribution is 0.0768. The van der Waals surface area contributed by atoms with E-state index in [1.54, 1.807) is 18.0 Å². The van der Waals surface area contributed by atoms with E-state index in [0.29, 0.717) is 18.8 Å². The molecule has 3 aromatic rings. The molecule has 5 nitrogen and oxygen atoms in total. The minimum absolute atomic E-state index is 0.117. The number of aromatic nitrogens is 2. The van der Waals surface area contributed by atoms with Crippen molar-refractivity contribution in [2.24, 2.45) is 0 Å². The minimum atomic E-state index is -0.117. The molecule has 0 unspecified atom stereocenters. The zero-order chi connectivity index (χ0) is 17.6. The molecule has 0 saturated carbocycles. The van der Waals surface area contributed by atoms with Crippen LogP contribution in [-0.2, 0) is 0 Å². The van der Waals surface area contributed by atoms with E-state index < -0.39 is 0 Å². The van der Waals surface area contributed by atoms with Crippen LogP contribution in [0.1, 0.15) is 10.5 Å². The number of ether oxygens (including phenoxy) is 1. The summed E-state index contributed by atoms with van der Waals surface area (Å²) in [5, 5.41) is 7.03. The van der Waals surface area contributed by atoms with Gasteiger partial charge in [-0.3, -0.25) is 9.89 Å². The lowest BCUT2D eigenvalue weighted by atomic mass is 10.1. The van der Waals surface area contributed by atoms with Crippen molar-refractivity contribution in [3.05, 3.63) is 70.8 Å². The maximum Gasteiger partial charge on any atom is 0.271 e. The highest BCUT2D eigenvalue weighted by molar-refractivity contribution is 9.10. The van der Waals surface area contributed by atoms with Gasteiger partial charge in [0.1, 0.15) is 18.1 Å². The molecule has 0 fully saturated rings. The van der Waals surface area contributed by atoms with Gasteiger partial charge in [0.05, 0.1) is 12.2 Å². The van der Waals surface area contributed by atoms with Gasteiger partial charge in [-0.25, -0.2) is 0 Å². The molecule has 0 aliphatic rings. The molecular formula is C19H18BrN3O2. The van der Waals surface area contributed by atoms with Crippen LogP contribution in [0, 0.1) is 0 Å². The molecule has 2 aromatic carbocycles. The van der Waals surface area contributed by atoms with Crippen molar-refractivity contribution >= 4 is 21.8 Å². The highest BCUT2D eigenvalue weighted by atomic mass is 79.9. The number of amides is 1. The number of rotatable bonds is 6. The number of hydrogen-bond donors (Lipinski definition) is 1. The van der Waals surface area contributed by atoms with Crippen LogP contribution in [0.15, 0.2) is 65.1 Å². The van der Waals surface area contributed by atoms with Crippen LogP contribution < -0.4 is 4.74 Å². The van der Waals surface area contributed by atoms with Gasteiger partial charge in [-0.1, -0.05) is 46.3 Å². The molecule has 1 heterocycles. The number of nitrogens with one attached hydrogen (secondary N) is 1. The summed E-state index contributed by atoms with van der Waals surface area (Å²) in [5.41, 5.74) is 2.19. The van der Waals surface area contributed by atoms with Gasteiger partial charge < -0.3 is 9.64 Å². The number of likely N-dealkylation sites (N-methyl/N-ethyl adjacent to an activating group) is 1. The normalized spacial score (nSPS) is 10.5. The monoisotopic (exact) mass is 399 g/mol. The maximum atomic E-state index is 12.5. The number of hydrogen-bond acceptors (Lipinski definition) is 3. The molecule has 128 valence electrons. The van der Waals surface area contributed by atoms with Crippen molar-refractivity contribution in [1.29, 1.82) is 0 Å².